The van der Waals surface area contributed by atoms with E-state index >= 15 is 0 Å². The Morgan fingerprint density at radius 3 is 3.21 bits per heavy atom. The van der Waals surface area contributed by atoms with Crippen LogP contribution in [0.3, 0.4) is 0 Å². The normalized spacial score (nSPS) is 24.0. The van der Waals surface area contributed by atoms with E-state index in [1.54, 1.807) is 6.26 Å². The lowest BCUT2D eigenvalue weighted by molar-refractivity contribution is 0.190. The fraction of sp³-hybridized carbons (Fsp3) is 0.700. The SMILES string of the molecule is CC(CN)c1coc(C2CCOC2)n1. The minimum Gasteiger partial charge on any atom is -0.448 e. The molecule has 1 saturated heterocycles. The summed E-state index contributed by atoms with van der Waals surface area (Å²) in [6.45, 7) is 4.20. The molecule has 78 valence electrons. The zero-order valence-corrected chi connectivity index (χ0v) is 8.40. The topological polar surface area (TPSA) is 61.3 Å². The van der Waals surface area contributed by atoms with Crippen LogP contribution in [0.1, 0.15) is 36.8 Å². The van der Waals surface area contributed by atoms with Gasteiger partial charge in [0.25, 0.3) is 0 Å². The summed E-state index contributed by atoms with van der Waals surface area (Å²) in [5.74, 6) is 1.42. The summed E-state index contributed by atoms with van der Waals surface area (Å²) in [5.41, 5.74) is 6.51. The molecule has 0 bridgehead atoms. The number of ether oxygens (including phenoxy) is 1. The first-order chi connectivity index (χ1) is 6.81. The maximum atomic E-state index is 5.56. The molecule has 0 spiro atoms. The Bertz CT molecular complexity index is 292. The third-order valence-electron chi connectivity index (χ3n) is 2.68. The van der Waals surface area contributed by atoms with Crippen molar-refractivity contribution in [1.82, 2.24) is 4.98 Å². The largest absolute Gasteiger partial charge is 0.448 e. The molecule has 0 radical (unpaired) electrons. The Kier molecular flexibility index (Phi) is 2.84. The third-order valence-corrected chi connectivity index (χ3v) is 2.68. The number of aromatic nitrogens is 1. The maximum absolute atomic E-state index is 5.56. The molecule has 4 nitrogen and oxygen atoms in total. The number of oxazole rings is 1. The van der Waals surface area contributed by atoms with Crippen molar-refractivity contribution in [1.29, 1.82) is 0 Å². The maximum Gasteiger partial charge on any atom is 0.199 e. The molecule has 1 aromatic rings. The summed E-state index contributed by atoms with van der Waals surface area (Å²) in [6, 6.07) is 0. The van der Waals surface area contributed by atoms with Crippen molar-refractivity contribution in [3.05, 3.63) is 17.8 Å². The van der Waals surface area contributed by atoms with Crippen molar-refractivity contribution >= 4 is 0 Å². The summed E-state index contributed by atoms with van der Waals surface area (Å²) >= 11 is 0. The Labute approximate surface area is 83.4 Å². The summed E-state index contributed by atoms with van der Waals surface area (Å²) < 4.78 is 10.7. The molecule has 1 aliphatic heterocycles. The van der Waals surface area contributed by atoms with Gasteiger partial charge in [-0.1, -0.05) is 6.92 Å². The Morgan fingerprint density at radius 2 is 2.57 bits per heavy atom. The molecule has 1 aliphatic rings. The second kappa shape index (κ2) is 4.11. The van der Waals surface area contributed by atoms with Gasteiger partial charge < -0.3 is 14.9 Å². The first-order valence-electron chi connectivity index (χ1n) is 5.04. The van der Waals surface area contributed by atoms with Crippen LogP contribution >= 0.6 is 0 Å². The zero-order chi connectivity index (χ0) is 9.97. The molecule has 2 unspecified atom stereocenters. The minimum atomic E-state index is 0.273. The standard InChI is InChI=1S/C10H16N2O2/c1-7(4-11)9-6-14-10(12-9)8-2-3-13-5-8/h6-8H,2-5,11H2,1H3. The van der Waals surface area contributed by atoms with E-state index in [-0.39, 0.29) is 5.92 Å². The monoisotopic (exact) mass is 196 g/mol. The molecule has 2 rings (SSSR count). The van der Waals surface area contributed by atoms with Crippen LogP contribution in [0.25, 0.3) is 0 Å². The summed E-state index contributed by atoms with van der Waals surface area (Å²) in [7, 11) is 0. The molecular weight excluding hydrogens is 180 g/mol. The highest BCUT2D eigenvalue weighted by Gasteiger charge is 2.23. The lowest BCUT2D eigenvalue weighted by Crippen LogP contribution is -2.09. The highest BCUT2D eigenvalue weighted by Crippen LogP contribution is 2.25. The van der Waals surface area contributed by atoms with E-state index < -0.39 is 0 Å². The summed E-state index contributed by atoms with van der Waals surface area (Å²) in [6.07, 6.45) is 2.72. The highest BCUT2D eigenvalue weighted by atomic mass is 16.5. The van der Waals surface area contributed by atoms with Crippen molar-refractivity contribution in [2.75, 3.05) is 19.8 Å². The van der Waals surface area contributed by atoms with Crippen LogP contribution in [-0.2, 0) is 4.74 Å². The van der Waals surface area contributed by atoms with Crippen molar-refractivity contribution < 1.29 is 9.15 Å². The van der Waals surface area contributed by atoms with Crippen LogP contribution in [-0.4, -0.2) is 24.7 Å². The number of hydrogen-bond acceptors (Lipinski definition) is 4. The molecule has 0 saturated carbocycles. The number of nitrogens with zero attached hydrogens (tertiary/aromatic N) is 1. The van der Waals surface area contributed by atoms with Gasteiger partial charge in [-0.15, -0.1) is 0 Å². The van der Waals surface area contributed by atoms with Crippen LogP contribution in [0.5, 0.6) is 0 Å². The molecule has 0 aromatic carbocycles. The molecule has 0 aliphatic carbocycles. The molecule has 4 heteroatoms. The first-order valence-corrected chi connectivity index (χ1v) is 5.04. The molecule has 2 heterocycles. The fourth-order valence-electron chi connectivity index (χ4n) is 1.56. The van der Waals surface area contributed by atoms with Crippen molar-refractivity contribution in [2.45, 2.75) is 25.2 Å². The molecule has 14 heavy (non-hydrogen) atoms. The van der Waals surface area contributed by atoms with Gasteiger partial charge in [-0.3, -0.25) is 0 Å². The van der Waals surface area contributed by atoms with E-state index in [0.717, 1.165) is 31.2 Å². The highest BCUT2D eigenvalue weighted by molar-refractivity contribution is 5.06. The molecule has 2 N–H and O–H groups in total. The lowest BCUT2D eigenvalue weighted by atomic mass is 10.1. The lowest BCUT2D eigenvalue weighted by Gasteiger charge is -2.02. The van der Waals surface area contributed by atoms with Crippen molar-refractivity contribution in [3.8, 4) is 0 Å². The Hall–Kier alpha value is -0.870. The molecule has 1 fully saturated rings. The van der Waals surface area contributed by atoms with Crippen LogP contribution in [0.4, 0.5) is 0 Å². The number of hydrogen-bond donors (Lipinski definition) is 1. The molecule has 2 atom stereocenters. The van der Waals surface area contributed by atoms with Crippen molar-refractivity contribution in [2.24, 2.45) is 5.73 Å². The van der Waals surface area contributed by atoms with E-state index in [0.29, 0.717) is 12.5 Å². The fourth-order valence-corrected chi connectivity index (χ4v) is 1.56. The van der Waals surface area contributed by atoms with E-state index in [2.05, 4.69) is 4.98 Å². The van der Waals surface area contributed by atoms with Gasteiger partial charge in [0.15, 0.2) is 5.89 Å². The average Bonchev–Trinajstić information content (AvgIpc) is 2.86. The van der Waals surface area contributed by atoms with Gasteiger partial charge in [0.2, 0.25) is 0 Å². The Morgan fingerprint density at radius 1 is 1.71 bits per heavy atom. The second-order valence-electron chi connectivity index (χ2n) is 3.81. The Balaban J connectivity index is 2.08. The van der Waals surface area contributed by atoms with Crippen LogP contribution in [0.15, 0.2) is 10.7 Å². The molecular formula is C10H16N2O2. The van der Waals surface area contributed by atoms with E-state index in [4.69, 9.17) is 14.9 Å². The number of rotatable bonds is 3. The molecule has 0 amide bonds. The van der Waals surface area contributed by atoms with E-state index in [1.807, 2.05) is 6.92 Å². The zero-order valence-electron chi connectivity index (χ0n) is 8.40. The van der Waals surface area contributed by atoms with Gasteiger partial charge in [0.1, 0.15) is 6.26 Å². The molecule has 1 aromatic heterocycles. The predicted octanol–water partition coefficient (Wildman–Crippen LogP) is 1.24. The van der Waals surface area contributed by atoms with Gasteiger partial charge in [0, 0.05) is 19.1 Å². The third kappa shape index (κ3) is 1.81. The van der Waals surface area contributed by atoms with E-state index in [9.17, 15) is 0 Å². The predicted molar refractivity (Wildman–Crippen MR) is 52.1 cm³/mol. The van der Waals surface area contributed by atoms with E-state index in [1.165, 1.54) is 0 Å². The van der Waals surface area contributed by atoms with Gasteiger partial charge in [-0.2, -0.15) is 0 Å². The van der Waals surface area contributed by atoms with Gasteiger partial charge >= 0.3 is 0 Å². The van der Waals surface area contributed by atoms with Gasteiger partial charge in [0.05, 0.1) is 18.2 Å². The van der Waals surface area contributed by atoms with Gasteiger partial charge in [-0.05, 0) is 6.42 Å². The second-order valence-corrected chi connectivity index (χ2v) is 3.81. The van der Waals surface area contributed by atoms with Crippen LogP contribution in [0.2, 0.25) is 0 Å². The first kappa shape index (κ1) is 9.68. The minimum absolute atomic E-state index is 0.273. The quantitative estimate of drug-likeness (QED) is 0.790. The number of nitrogens with two attached hydrogens (primary N) is 1. The van der Waals surface area contributed by atoms with Crippen LogP contribution < -0.4 is 5.73 Å². The average molecular weight is 196 g/mol. The summed E-state index contributed by atoms with van der Waals surface area (Å²) in [5, 5.41) is 0. The smallest absolute Gasteiger partial charge is 0.199 e. The van der Waals surface area contributed by atoms with Gasteiger partial charge in [-0.25, -0.2) is 4.98 Å². The van der Waals surface area contributed by atoms with Crippen LogP contribution in [0, 0.1) is 0 Å². The van der Waals surface area contributed by atoms with Crippen molar-refractivity contribution in [3.63, 3.8) is 0 Å². The summed E-state index contributed by atoms with van der Waals surface area (Å²) in [4.78, 5) is 4.44.